The molecule has 1 aliphatic rings. The van der Waals surface area contributed by atoms with Gasteiger partial charge in [-0.25, -0.2) is 15.0 Å². The van der Waals surface area contributed by atoms with Crippen LogP contribution in [0.3, 0.4) is 0 Å². The minimum Gasteiger partial charge on any atom is -0.390 e. The molecule has 42 heavy (non-hydrogen) atoms. The van der Waals surface area contributed by atoms with Crippen molar-refractivity contribution >= 4 is 17.3 Å². The maximum absolute atomic E-state index is 13.5. The number of alkyl halides is 6. The van der Waals surface area contributed by atoms with Gasteiger partial charge in [0.1, 0.15) is 23.7 Å². The Labute approximate surface area is 236 Å². The van der Waals surface area contributed by atoms with Gasteiger partial charge in [-0.2, -0.15) is 26.3 Å². The molecule has 3 atom stereocenters. The van der Waals surface area contributed by atoms with Crippen LogP contribution >= 0.6 is 0 Å². The minimum absolute atomic E-state index is 0.170. The molecule has 0 saturated heterocycles. The lowest BCUT2D eigenvalue weighted by Crippen LogP contribution is -2.34. The third-order valence-electron chi connectivity index (χ3n) is 7.04. The van der Waals surface area contributed by atoms with E-state index in [-0.39, 0.29) is 29.9 Å². The van der Waals surface area contributed by atoms with E-state index < -0.39 is 41.9 Å². The highest BCUT2D eigenvalue weighted by atomic mass is 19.4. The van der Waals surface area contributed by atoms with Crippen LogP contribution < -0.4 is 10.6 Å². The first kappa shape index (κ1) is 29.3. The SMILES string of the molecule is CC(Nc1nc(C(F)(F)F)ccc1-c1cc(Nc2cccc3c2CC(O)C(O)C3)ncn1)c1ccc(C(F)(F)F)cc1. The van der Waals surface area contributed by atoms with Gasteiger partial charge in [0.25, 0.3) is 0 Å². The molecule has 1 aliphatic carbocycles. The normalized spacial score (nSPS) is 17.8. The molecule has 2 aromatic carbocycles. The van der Waals surface area contributed by atoms with Gasteiger partial charge in [-0.05, 0) is 53.9 Å². The van der Waals surface area contributed by atoms with Crippen LogP contribution in [-0.2, 0) is 25.2 Å². The maximum atomic E-state index is 13.5. The number of nitrogens with one attached hydrogen (secondary N) is 2. The van der Waals surface area contributed by atoms with Crippen molar-refractivity contribution in [3.63, 3.8) is 0 Å². The standard InChI is InChI=1S/C29H25F6N5O2/c1-15(16-5-7-18(8-6-16)28(30,31)32)38-27-19(9-10-25(40-27)29(33,34)35)22-13-26(37-14-36-22)39-21-4-2-3-17-11-23(41)24(42)12-20(17)21/h2-10,13-15,23-24,41-42H,11-12H2,1H3,(H,38,40)(H,36,37,39). The largest absolute Gasteiger partial charge is 0.433 e. The van der Waals surface area contributed by atoms with Crippen LogP contribution in [0, 0.1) is 0 Å². The molecule has 5 rings (SSSR count). The van der Waals surface area contributed by atoms with Crippen LogP contribution in [0.25, 0.3) is 11.3 Å². The molecule has 0 saturated carbocycles. The van der Waals surface area contributed by atoms with Gasteiger partial charge < -0.3 is 20.8 Å². The third-order valence-corrected chi connectivity index (χ3v) is 7.04. The molecular weight excluding hydrogens is 564 g/mol. The van der Waals surface area contributed by atoms with Crippen molar-refractivity contribution in [2.45, 2.75) is 50.4 Å². The second-order valence-electron chi connectivity index (χ2n) is 9.98. The summed E-state index contributed by atoms with van der Waals surface area (Å²) in [5.41, 5.74) is 1.15. The van der Waals surface area contributed by atoms with Crippen LogP contribution in [0.2, 0.25) is 0 Å². The zero-order valence-corrected chi connectivity index (χ0v) is 22.0. The summed E-state index contributed by atoms with van der Waals surface area (Å²) in [4.78, 5) is 12.2. The molecule has 220 valence electrons. The molecule has 13 heteroatoms. The van der Waals surface area contributed by atoms with Crippen molar-refractivity contribution in [1.82, 2.24) is 15.0 Å². The number of rotatable bonds is 6. The molecule has 0 fully saturated rings. The molecule has 0 radical (unpaired) electrons. The topological polar surface area (TPSA) is 103 Å². The van der Waals surface area contributed by atoms with Gasteiger partial charge in [0.05, 0.1) is 23.5 Å². The highest BCUT2D eigenvalue weighted by Crippen LogP contribution is 2.36. The molecule has 2 aromatic heterocycles. The second-order valence-corrected chi connectivity index (χ2v) is 9.98. The predicted octanol–water partition coefficient (Wildman–Crippen LogP) is 6.31. The van der Waals surface area contributed by atoms with Crippen molar-refractivity contribution < 1.29 is 36.6 Å². The summed E-state index contributed by atoms with van der Waals surface area (Å²) in [6.45, 7) is 1.59. The molecule has 3 unspecified atom stereocenters. The van der Waals surface area contributed by atoms with Crippen molar-refractivity contribution in [2.75, 3.05) is 10.6 Å². The first-order valence-electron chi connectivity index (χ1n) is 12.9. The van der Waals surface area contributed by atoms with Crippen LogP contribution in [-0.4, -0.2) is 37.4 Å². The highest BCUT2D eigenvalue weighted by molar-refractivity contribution is 5.75. The Bertz CT molecular complexity index is 1580. The summed E-state index contributed by atoms with van der Waals surface area (Å²) in [6, 6.07) is 12.6. The van der Waals surface area contributed by atoms with Gasteiger partial charge in [-0.3, -0.25) is 0 Å². The van der Waals surface area contributed by atoms with E-state index in [9.17, 15) is 36.6 Å². The Kier molecular flexibility index (Phi) is 7.82. The number of pyridine rings is 1. The smallest absolute Gasteiger partial charge is 0.390 e. The van der Waals surface area contributed by atoms with Crippen LogP contribution in [0.5, 0.6) is 0 Å². The number of nitrogens with zero attached hydrogens (tertiary/aromatic N) is 3. The lowest BCUT2D eigenvalue weighted by molar-refractivity contribution is -0.141. The molecule has 2 heterocycles. The highest BCUT2D eigenvalue weighted by Gasteiger charge is 2.34. The summed E-state index contributed by atoms with van der Waals surface area (Å²) in [5.74, 6) is 0.145. The monoisotopic (exact) mass is 589 g/mol. The summed E-state index contributed by atoms with van der Waals surface area (Å²) in [6.07, 6.45) is -9.34. The summed E-state index contributed by atoms with van der Waals surface area (Å²) < 4.78 is 79.6. The van der Waals surface area contributed by atoms with Gasteiger partial charge in [0.2, 0.25) is 0 Å². The fourth-order valence-electron chi connectivity index (χ4n) is 4.78. The summed E-state index contributed by atoms with van der Waals surface area (Å²) >= 11 is 0. The Morgan fingerprint density at radius 2 is 1.57 bits per heavy atom. The zero-order valence-electron chi connectivity index (χ0n) is 22.0. The number of fused-ring (bicyclic) bond motifs is 1. The fourth-order valence-corrected chi connectivity index (χ4v) is 4.78. The minimum atomic E-state index is -4.74. The molecule has 0 amide bonds. The van der Waals surface area contributed by atoms with E-state index in [1.807, 2.05) is 6.07 Å². The molecule has 0 bridgehead atoms. The number of anilines is 3. The first-order valence-corrected chi connectivity index (χ1v) is 12.9. The lowest BCUT2D eigenvalue weighted by Gasteiger charge is -2.27. The number of halogens is 6. The number of aliphatic hydroxyl groups is 2. The zero-order chi connectivity index (χ0) is 30.2. The van der Waals surface area contributed by atoms with E-state index >= 15 is 0 Å². The van der Waals surface area contributed by atoms with Crippen molar-refractivity contribution in [1.29, 1.82) is 0 Å². The van der Waals surface area contributed by atoms with Crippen LogP contribution in [0.15, 0.2) is 67.0 Å². The Hall–Kier alpha value is -4.23. The maximum Gasteiger partial charge on any atom is 0.433 e. The predicted molar refractivity (Wildman–Crippen MR) is 143 cm³/mol. The first-order chi connectivity index (χ1) is 19.8. The van der Waals surface area contributed by atoms with E-state index in [4.69, 9.17) is 0 Å². The number of hydrogen-bond donors (Lipinski definition) is 4. The molecule has 4 N–H and O–H groups in total. The third kappa shape index (κ3) is 6.31. The van der Waals surface area contributed by atoms with Crippen LogP contribution in [0.1, 0.15) is 40.9 Å². The summed E-state index contributed by atoms with van der Waals surface area (Å²) in [7, 11) is 0. The molecule has 0 aliphatic heterocycles. The number of aromatic nitrogens is 3. The molecule has 4 aromatic rings. The van der Waals surface area contributed by atoms with E-state index in [1.165, 1.54) is 30.6 Å². The van der Waals surface area contributed by atoms with Crippen LogP contribution in [0.4, 0.5) is 43.7 Å². The van der Waals surface area contributed by atoms with Gasteiger partial charge in [-0.15, -0.1) is 0 Å². The van der Waals surface area contributed by atoms with Gasteiger partial charge in [-0.1, -0.05) is 24.3 Å². The van der Waals surface area contributed by atoms with Gasteiger partial charge in [0.15, 0.2) is 0 Å². The van der Waals surface area contributed by atoms with E-state index in [1.54, 1.807) is 19.1 Å². The average molecular weight is 590 g/mol. The Balaban J connectivity index is 1.46. The van der Waals surface area contributed by atoms with Gasteiger partial charge >= 0.3 is 12.4 Å². The molecular formula is C29H25F6N5O2. The Morgan fingerprint density at radius 3 is 2.26 bits per heavy atom. The summed E-state index contributed by atoms with van der Waals surface area (Å²) in [5, 5.41) is 26.2. The quantitative estimate of drug-likeness (QED) is 0.196. The van der Waals surface area contributed by atoms with Crippen molar-refractivity contribution in [3.05, 3.63) is 94.9 Å². The molecule has 7 nitrogen and oxygen atoms in total. The average Bonchev–Trinajstić information content (AvgIpc) is 2.93. The van der Waals surface area contributed by atoms with Crippen molar-refractivity contribution in [3.8, 4) is 11.3 Å². The van der Waals surface area contributed by atoms with E-state index in [2.05, 4.69) is 25.6 Å². The number of hydrogen-bond acceptors (Lipinski definition) is 7. The Morgan fingerprint density at radius 1 is 0.857 bits per heavy atom. The second kappa shape index (κ2) is 11.2. The molecule has 0 spiro atoms. The fraction of sp³-hybridized carbons (Fsp3) is 0.276. The number of benzene rings is 2. The van der Waals surface area contributed by atoms with E-state index in [0.29, 0.717) is 17.1 Å². The lowest BCUT2D eigenvalue weighted by atomic mass is 9.86. The number of aliphatic hydroxyl groups excluding tert-OH is 2. The van der Waals surface area contributed by atoms with Crippen molar-refractivity contribution in [2.24, 2.45) is 0 Å². The van der Waals surface area contributed by atoms with Gasteiger partial charge in [0, 0.05) is 36.2 Å². The van der Waals surface area contributed by atoms with E-state index in [0.717, 1.165) is 29.3 Å².